The predicted molar refractivity (Wildman–Crippen MR) is 84.2 cm³/mol. The second kappa shape index (κ2) is 5.81. The summed E-state index contributed by atoms with van der Waals surface area (Å²) in [6.07, 6.45) is 3.22. The van der Waals surface area contributed by atoms with E-state index in [1.807, 2.05) is 12.1 Å². The fourth-order valence-corrected chi connectivity index (χ4v) is 3.21. The summed E-state index contributed by atoms with van der Waals surface area (Å²) >= 11 is 1.77. The molecule has 1 aliphatic rings. The summed E-state index contributed by atoms with van der Waals surface area (Å²) in [5, 5.41) is 0. The van der Waals surface area contributed by atoms with E-state index in [2.05, 4.69) is 11.1 Å². The third-order valence-corrected chi connectivity index (χ3v) is 4.38. The van der Waals surface area contributed by atoms with Gasteiger partial charge in [-0.05, 0) is 6.42 Å². The number of rotatable bonds is 4. The number of methoxy groups -OCH3 is 3. The summed E-state index contributed by atoms with van der Waals surface area (Å²) in [5.74, 6) is 2.88. The Kier molecular flexibility index (Phi) is 3.88. The van der Waals surface area contributed by atoms with Crippen LogP contribution in [0.5, 0.6) is 17.4 Å². The number of benzene rings is 1. The van der Waals surface area contributed by atoms with Crippen LogP contribution >= 0.6 is 11.8 Å². The van der Waals surface area contributed by atoms with E-state index in [0.717, 1.165) is 33.8 Å². The molecule has 1 aliphatic heterocycles. The average Bonchev–Trinajstić information content (AvgIpc) is 3.06. The minimum Gasteiger partial charge on any atom is -0.493 e. The van der Waals surface area contributed by atoms with Crippen LogP contribution in [-0.4, -0.2) is 37.1 Å². The van der Waals surface area contributed by atoms with Crippen molar-refractivity contribution in [2.45, 2.75) is 6.42 Å². The zero-order valence-corrected chi connectivity index (χ0v) is 13.0. The largest absolute Gasteiger partial charge is 0.493 e. The molecule has 1 aromatic carbocycles. The Morgan fingerprint density at radius 3 is 2.14 bits per heavy atom. The summed E-state index contributed by atoms with van der Waals surface area (Å²) in [6.45, 7) is 0. The van der Waals surface area contributed by atoms with Gasteiger partial charge in [0.05, 0.1) is 32.4 Å². The fraction of sp³-hybridized carbons (Fsp3) is 0.333. The molecule has 0 fully saturated rings. The lowest BCUT2D eigenvalue weighted by Gasteiger charge is -2.12. The van der Waals surface area contributed by atoms with Crippen LogP contribution in [0.2, 0.25) is 0 Å². The Labute approximate surface area is 127 Å². The highest BCUT2D eigenvalue weighted by molar-refractivity contribution is 8.08. The summed E-state index contributed by atoms with van der Waals surface area (Å²) in [5.41, 5.74) is 2.27. The fourth-order valence-electron chi connectivity index (χ4n) is 2.25. The molecule has 21 heavy (non-hydrogen) atoms. The van der Waals surface area contributed by atoms with Crippen molar-refractivity contribution in [3.05, 3.63) is 23.9 Å². The van der Waals surface area contributed by atoms with Gasteiger partial charge < -0.3 is 14.2 Å². The molecule has 0 saturated heterocycles. The molecule has 0 N–H and O–H groups in total. The van der Waals surface area contributed by atoms with E-state index in [0.29, 0.717) is 17.4 Å². The molecule has 1 aromatic heterocycles. The number of hydrogen-bond acceptors (Lipinski definition) is 6. The van der Waals surface area contributed by atoms with Crippen LogP contribution in [0.25, 0.3) is 15.9 Å². The van der Waals surface area contributed by atoms with Gasteiger partial charge in [0, 0.05) is 22.8 Å². The zero-order chi connectivity index (χ0) is 14.8. The van der Waals surface area contributed by atoms with Crippen molar-refractivity contribution in [2.24, 2.45) is 0 Å². The van der Waals surface area contributed by atoms with Crippen LogP contribution < -0.4 is 14.2 Å². The van der Waals surface area contributed by atoms with Crippen molar-refractivity contribution in [1.29, 1.82) is 0 Å². The van der Waals surface area contributed by atoms with Crippen molar-refractivity contribution >= 4 is 27.7 Å². The van der Waals surface area contributed by atoms with Gasteiger partial charge in [0.2, 0.25) is 5.88 Å². The second-order valence-electron chi connectivity index (χ2n) is 4.48. The first kappa shape index (κ1) is 14.0. The van der Waals surface area contributed by atoms with Crippen LogP contribution in [0.1, 0.15) is 12.1 Å². The molecule has 0 saturated carbocycles. The van der Waals surface area contributed by atoms with Gasteiger partial charge in [-0.3, -0.25) is 0 Å². The first-order valence-electron chi connectivity index (χ1n) is 6.58. The molecule has 110 valence electrons. The van der Waals surface area contributed by atoms with Gasteiger partial charge in [0.15, 0.2) is 11.5 Å². The number of allylic oxidation sites excluding steroid dienone is 1. The van der Waals surface area contributed by atoms with Crippen molar-refractivity contribution < 1.29 is 14.2 Å². The van der Waals surface area contributed by atoms with Gasteiger partial charge in [0.1, 0.15) is 5.69 Å². The van der Waals surface area contributed by atoms with Crippen LogP contribution in [0, 0.1) is 0 Å². The Morgan fingerprint density at radius 2 is 1.62 bits per heavy atom. The van der Waals surface area contributed by atoms with E-state index in [9.17, 15) is 0 Å². The predicted octanol–water partition coefficient (Wildman–Crippen LogP) is 3.13. The molecule has 0 amide bonds. The van der Waals surface area contributed by atoms with E-state index in [1.165, 1.54) is 0 Å². The molecule has 0 atom stereocenters. The van der Waals surface area contributed by atoms with Gasteiger partial charge in [-0.15, -0.1) is 11.8 Å². The SMILES string of the molecule is COc1cc2nc(OC)c(C3=CCCS3)nc2cc1OC. The highest BCUT2D eigenvalue weighted by atomic mass is 32.2. The molecule has 0 radical (unpaired) electrons. The molecule has 6 heteroatoms. The van der Waals surface area contributed by atoms with E-state index in [1.54, 1.807) is 33.1 Å². The van der Waals surface area contributed by atoms with Crippen molar-refractivity contribution in [3.63, 3.8) is 0 Å². The van der Waals surface area contributed by atoms with E-state index in [4.69, 9.17) is 19.2 Å². The molecular weight excluding hydrogens is 288 g/mol. The monoisotopic (exact) mass is 304 g/mol. The third kappa shape index (κ3) is 2.51. The summed E-state index contributed by atoms with van der Waals surface area (Å²) in [4.78, 5) is 10.4. The second-order valence-corrected chi connectivity index (χ2v) is 5.62. The lowest BCUT2D eigenvalue weighted by Crippen LogP contribution is -1.99. The zero-order valence-electron chi connectivity index (χ0n) is 12.2. The van der Waals surface area contributed by atoms with Gasteiger partial charge in [-0.2, -0.15) is 0 Å². The highest BCUT2D eigenvalue weighted by Gasteiger charge is 2.18. The van der Waals surface area contributed by atoms with E-state index < -0.39 is 0 Å². The number of fused-ring (bicyclic) bond motifs is 1. The highest BCUT2D eigenvalue weighted by Crippen LogP contribution is 2.39. The minimum atomic E-state index is 0.537. The van der Waals surface area contributed by atoms with E-state index >= 15 is 0 Å². The molecule has 0 bridgehead atoms. The summed E-state index contributed by atoms with van der Waals surface area (Å²) < 4.78 is 16.0. The maximum absolute atomic E-state index is 5.40. The molecule has 0 aliphatic carbocycles. The lowest BCUT2D eigenvalue weighted by atomic mass is 10.2. The van der Waals surface area contributed by atoms with Crippen molar-refractivity contribution in [3.8, 4) is 17.4 Å². The van der Waals surface area contributed by atoms with Crippen LogP contribution in [0.3, 0.4) is 0 Å². The third-order valence-electron chi connectivity index (χ3n) is 3.27. The quantitative estimate of drug-likeness (QED) is 0.865. The van der Waals surface area contributed by atoms with Gasteiger partial charge in [-0.25, -0.2) is 9.97 Å². The smallest absolute Gasteiger partial charge is 0.241 e. The maximum atomic E-state index is 5.40. The summed E-state index contributed by atoms with van der Waals surface area (Å²) in [7, 11) is 4.82. The van der Waals surface area contributed by atoms with Crippen molar-refractivity contribution in [2.75, 3.05) is 27.1 Å². The first-order chi connectivity index (χ1) is 10.3. The Balaban J connectivity index is 2.21. The molecule has 0 unspecified atom stereocenters. The van der Waals surface area contributed by atoms with Crippen LogP contribution in [-0.2, 0) is 0 Å². The van der Waals surface area contributed by atoms with Gasteiger partial charge in [-0.1, -0.05) is 6.08 Å². The Bertz CT molecular complexity index is 716. The standard InChI is InChI=1S/C15H16N2O3S/c1-18-11-7-9-10(8-12(11)19-2)17-15(20-3)14(16-9)13-5-4-6-21-13/h5,7-8H,4,6H2,1-3H3. The number of hydrogen-bond donors (Lipinski definition) is 0. The van der Waals surface area contributed by atoms with Gasteiger partial charge in [0.25, 0.3) is 0 Å². The summed E-state index contributed by atoms with van der Waals surface area (Å²) in [6, 6.07) is 3.65. The molecule has 3 rings (SSSR count). The van der Waals surface area contributed by atoms with Gasteiger partial charge >= 0.3 is 0 Å². The molecule has 2 heterocycles. The topological polar surface area (TPSA) is 53.5 Å². The molecule has 5 nitrogen and oxygen atoms in total. The van der Waals surface area contributed by atoms with Crippen LogP contribution in [0.4, 0.5) is 0 Å². The number of thioether (sulfide) groups is 1. The van der Waals surface area contributed by atoms with Crippen molar-refractivity contribution in [1.82, 2.24) is 9.97 Å². The number of aromatic nitrogens is 2. The van der Waals surface area contributed by atoms with E-state index in [-0.39, 0.29) is 0 Å². The Morgan fingerprint density at radius 1 is 0.952 bits per heavy atom. The molecule has 2 aromatic rings. The number of nitrogens with zero attached hydrogens (tertiary/aromatic N) is 2. The lowest BCUT2D eigenvalue weighted by molar-refractivity contribution is 0.355. The number of ether oxygens (including phenoxy) is 3. The normalized spacial score (nSPS) is 14.1. The minimum absolute atomic E-state index is 0.537. The molecular formula is C15H16N2O3S. The molecule has 0 spiro atoms. The maximum Gasteiger partial charge on any atom is 0.241 e. The first-order valence-corrected chi connectivity index (χ1v) is 7.56. The average molecular weight is 304 g/mol. The Hall–Kier alpha value is -1.95. The van der Waals surface area contributed by atoms with Crippen LogP contribution in [0.15, 0.2) is 18.2 Å².